The second-order valence-electron chi connectivity index (χ2n) is 6.34. The van der Waals surface area contributed by atoms with Gasteiger partial charge in [-0.1, -0.05) is 66.2 Å². The van der Waals surface area contributed by atoms with E-state index in [1.807, 2.05) is 61.5 Å². The molecule has 3 aromatic carbocycles. The second kappa shape index (κ2) is 9.33. The van der Waals surface area contributed by atoms with Gasteiger partial charge in [0.1, 0.15) is 5.75 Å². The van der Waals surface area contributed by atoms with Crippen LogP contribution < -0.4 is 10.1 Å². The average molecular weight is 371 g/mol. The van der Waals surface area contributed by atoms with Gasteiger partial charge >= 0.3 is 0 Å². The Morgan fingerprint density at radius 3 is 2.43 bits per heavy atom. The molecule has 28 heavy (non-hydrogen) atoms. The maximum absolute atomic E-state index is 12.1. The molecule has 1 amide bonds. The van der Waals surface area contributed by atoms with Gasteiger partial charge < -0.3 is 10.1 Å². The largest absolute Gasteiger partial charge is 0.484 e. The Morgan fingerprint density at radius 2 is 1.68 bits per heavy atom. The van der Waals surface area contributed by atoms with E-state index in [0.717, 1.165) is 11.1 Å². The molecule has 0 aromatic heterocycles. The van der Waals surface area contributed by atoms with Crippen molar-refractivity contribution in [3.63, 3.8) is 0 Å². The van der Waals surface area contributed by atoms with Gasteiger partial charge in [-0.3, -0.25) is 9.59 Å². The molecule has 0 aliphatic carbocycles. The Balaban J connectivity index is 1.56. The number of ether oxygens (including phenoxy) is 1. The normalized spacial score (nSPS) is 10.6. The predicted octanol–water partition coefficient (Wildman–Crippen LogP) is 4.91. The summed E-state index contributed by atoms with van der Waals surface area (Å²) < 4.78 is 5.48. The number of rotatable bonds is 7. The lowest BCUT2D eigenvalue weighted by Gasteiger charge is -2.08. The highest BCUT2D eigenvalue weighted by Gasteiger charge is 2.05. The number of aryl methyl sites for hydroxylation is 1. The lowest BCUT2D eigenvalue weighted by molar-refractivity contribution is -0.118. The first-order valence-corrected chi connectivity index (χ1v) is 8.97. The number of amides is 1. The highest BCUT2D eigenvalue weighted by molar-refractivity contribution is 6.06. The number of anilines is 1. The number of allylic oxidation sites excluding steroid dienone is 1. The molecular weight excluding hydrogens is 350 g/mol. The topological polar surface area (TPSA) is 55.4 Å². The summed E-state index contributed by atoms with van der Waals surface area (Å²) in [6.45, 7) is 1.92. The molecule has 0 heterocycles. The molecule has 3 rings (SSSR count). The van der Waals surface area contributed by atoms with Crippen molar-refractivity contribution in [1.29, 1.82) is 0 Å². The van der Waals surface area contributed by atoms with E-state index >= 15 is 0 Å². The van der Waals surface area contributed by atoms with Crippen LogP contribution in [0.15, 0.2) is 84.9 Å². The molecule has 4 nitrogen and oxygen atoms in total. The molecule has 0 unspecified atom stereocenters. The molecule has 0 saturated carbocycles. The van der Waals surface area contributed by atoms with Crippen LogP contribution in [0.25, 0.3) is 6.08 Å². The van der Waals surface area contributed by atoms with E-state index in [1.54, 1.807) is 30.3 Å². The number of hydrogen-bond acceptors (Lipinski definition) is 3. The molecule has 0 saturated heterocycles. The number of carbonyl (C=O) groups is 2. The van der Waals surface area contributed by atoms with Crippen molar-refractivity contribution in [2.45, 2.75) is 6.92 Å². The fourth-order valence-corrected chi connectivity index (χ4v) is 2.57. The van der Waals surface area contributed by atoms with E-state index in [-0.39, 0.29) is 18.3 Å². The highest BCUT2D eigenvalue weighted by atomic mass is 16.5. The zero-order valence-electron chi connectivity index (χ0n) is 15.6. The third kappa shape index (κ3) is 5.68. The summed E-state index contributed by atoms with van der Waals surface area (Å²) in [5.74, 6) is 0.334. The smallest absolute Gasteiger partial charge is 0.262 e. The van der Waals surface area contributed by atoms with E-state index in [1.165, 1.54) is 6.08 Å². The molecule has 0 radical (unpaired) electrons. The summed E-state index contributed by atoms with van der Waals surface area (Å²) in [6.07, 6.45) is 3.25. The lowest BCUT2D eigenvalue weighted by atomic mass is 10.1. The van der Waals surface area contributed by atoms with Crippen LogP contribution in [0.3, 0.4) is 0 Å². The van der Waals surface area contributed by atoms with Gasteiger partial charge in [0.15, 0.2) is 12.4 Å². The van der Waals surface area contributed by atoms with Crippen LogP contribution in [0.2, 0.25) is 0 Å². The van der Waals surface area contributed by atoms with Gasteiger partial charge in [0.25, 0.3) is 5.91 Å². The predicted molar refractivity (Wildman–Crippen MR) is 112 cm³/mol. The molecule has 0 fully saturated rings. The molecule has 140 valence electrons. The third-order valence-corrected chi connectivity index (χ3v) is 4.05. The van der Waals surface area contributed by atoms with E-state index in [9.17, 15) is 9.59 Å². The zero-order chi connectivity index (χ0) is 19.8. The SMILES string of the molecule is Cc1ccc(OCC(=O)Nc2cccc(/C=C/C(=O)c3ccccc3)c2)cc1. The van der Waals surface area contributed by atoms with Crippen LogP contribution >= 0.6 is 0 Å². The number of benzene rings is 3. The molecule has 0 aliphatic rings. The highest BCUT2D eigenvalue weighted by Crippen LogP contribution is 2.14. The van der Waals surface area contributed by atoms with Crippen molar-refractivity contribution in [3.05, 3.63) is 102 Å². The molecule has 0 spiro atoms. The molecule has 0 bridgehead atoms. The molecule has 0 aliphatic heterocycles. The van der Waals surface area contributed by atoms with E-state index in [0.29, 0.717) is 17.0 Å². The molecular formula is C24H21NO3. The van der Waals surface area contributed by atoms with Crippen LogP contribution in [-0.2, 0) is 4.79 Å². The monoisotopic (exact) mass is 371 g/mol. The van der Waals surface area contributed by atoms with Crippen molar-refractivity contribution < 1.29 is 14.3 Å². The lowest BCUT2D eigenvalue weighted by Crippen LogP contribution is -2.20. The minimum atomic E-state index is -0.248. The molecule has 3 aromatic rings. The standard InChI is InChI=1S/C24H21NO3/c1-18-10-13-22(14-11-18)28-17-24(27)25-21-9-5-6-19(16-21)12-15-23(26)20-7-3-2-4-8-20/h2-16H,17H2,1H3,(H,25,27)/b15-12+. The van der Waals surface area contributed by atoms with Gasteiger partial charge in [0, 0.05) is 11.3 Å². The van der Waals surface area contributed by atoms with Gasteiger partial charge in [0.05, 0.1) is 0 Å². The number of carbonyl (C=O) groups excluding carboxylic acids is 2. The van der Waals surface area contributed by atoms with E-state index in [2.05, 4.69) is 5.32 Å². The average Bonchev–Trinajstić information content (AvgIpc) is 2.72. The maximum Gasteiger partial charge on any atom is 0.262 e. The number of nitrogens with one attached hydrogen (secondary N) is 1. The van der Waals surface area contributed by atoms with Gasteiger partial charge in [-0.25, -0.2) is 0 Å². The zero-order valence-corrected chi connectivity index (χ0v) is 15.6. The fourth-order valence-electron chi connectivity index (χ4n) is 2.57. The van der Waals surface area contributed by atoms with Crippen molar-refractivity contribution >= 4 is 23.5 Å². The van der Waals surface area contributed by atoms with Gasteiger partial charge in [-0.15, -0.1) is 0 Å². The van der Waals surface area contributed by atoms with Crippen LogP contribution in [0.1, 0.15) is 21.5 Å². The van der Waals surface area contributed by atoms with Gasteiger partial charge in [-0.05, 0) is 42.8 Å². The first kappa shape index (κ1) is 19.1. The summed E-state index contributed by atoms with van der Waals surface area (Å²) in [5.41, 5.74) is 3.23. The van der Waals surface area contributed by atoms with Gasteiger partial charge in [0.2, 0.25) is 0 Å². The number of ketones is 1. The second-order valence-corrected chi connectivity index (χ2v) is 6.34. The van der Waals surface area contributed by atoms with E-state index < -0.39 is 0 Å². The van der Waals surface area contributed by atoms with Crippen molar-refractivity contribution in [3.8, 4) is 5.75 Å². The van der Waals surface area contributed by atoms with Crippen molar-refractivity contribution in [2.24, 2.45) is 0 Å². The van der Waals surface area contributed by atoms with E-state index in [4.69, 9.17) is 4.74 Å². The minimum absolute atomic E-state index is 0.0680. The first-order valence-electron chi connectivity index (χ1n) is 8.97. The Hall–Kier alpha value is -3.66. The van der Waals surface area contributed by atoms with Crippen LogP contribution in [-0.4, -0.2) is 18.3 Å². The summed E-state index contributed by atoms with van der Waals surface area (Å²) in [6, 6.07) is 23.9. The Morgan fingerprint density at radius 1 is 0.929 bits per heavy atom. The third-order valence-electron chi connectivity index (χ3n) is 4.05. The first-order chi connectivity index (χ1) is 13.6. The Labute approximate surface area is 164 Å². The molecule has 0 atom stereocenters. The molecule has 1 N–H and O–H groups in total. The molecule has 4 heteroatoms. The summed E-state index contributed by atoms with van der Waals surface area (Å²) in [4.78, 5) is 24.3. The fraction of sp³-hybridized carbons (Fsp3) is 0.0833. The van der Waals surface area contributed by atoms with Crippen molar-refractivity contribution in [1.82, 2.24) is 0 Å². The minimum Gasteiger partial charge on any atom is -0.484 e. The Kier molecular flexibility index (Phi) is 6.37. The summed E-state index contributed by atoms with van der Waals surface area (Å²) >= 11 is 0. The van der Waals surface area contributed by atoms with Gasteiger partial charge in [-0.2, -0.15) is 0 Å². The summed E-state index contributed by atoms with van der Waals surface area (Å²) in [7, 11) is 0. The van der Waals surface area contributed by atoms with Crippen molar-refractivity contribution in [2.75, 3.05) is 11.9 Å². The quantitative estimate of drug-likeness (QED) is 0.474. The van der Waals surface area contributed by atoms with Crippen LogP contribution in [0.5, 0.6) is 5.75 Å². The van der Waals surface area contributed by atoms with Crippen LogP contribution in [0, 0.1) is 6.92 Å². The van der Waals surface area contributed by atoms with Crippen LogP contribution in [0.4, 0.5) is 5.69 Å². The maximum atomic E-state index is 12.1. The number of hydrogen-bond donors (Lipinski definition) is 1. The summed E-state index contributed by atoms with van der Waals surface area (Å²) in [5, 5.41) is 2.80. The Bertz CT molecular complexity index is 976.